The highest BCUT2D eigenvalue weighted by molar-refractivity contribution is 4.97. The fourth-order valence-electron chi connectivity index (χ4n) is 2.17. The molecule has 0 N–H and O–H groups in total. The molecule has 3 heteroatoms. The lowest BCUT2D eigenvalue weighted by Gasteiger charge is -2.32. The fraction of sp³-hybridized carbons (Fsp3) is 0.833. The predicted octanol–water partition coefficient (Wildman–Crippen LogP) is 3.77. The lowest BCUT2D eigenvalue weighted by molar-refractivity contribution is -0.428. The molecule has 0 spiro atoms. The number of allylic oxidation sites excluding steroid dienone is 2. The topological polar surface area (TPSA) is 43.1 Å². The number of hydrogen-bond donors (Lipinski definition) is 0. The molecule has 0 radical (unpaired) electrons. The van der Waals surface area contributed by atoms with Crippen LogP contribution < -0.4 is 0 Å². The molecular formula is C12H21NO2. The van der Waals surface area contributed by atoms with Crippen LogP contribution >= 0.6 is 0 Å². The number of hydrogen-bond acceptors (Lipinski definition) is 2. The van der Waals surface area contributed by atoms with E-state index in [0.717, 1.165) is 12.8 Å². The highest BCUT2D eigenvalue weighted by atomic mass is 16.6. The number of nitro groups is 1. The van der Waals surface area contributed by atoms with Crippen molar-refractivity contribution >= 4 is 0 Å². The van der Waals surface area contributed by atoms with Gasteiger partial charge >= 0.3 is 0 Å². The number of nitrogens with zero attached hydrogens (tertiary/aromatic N) is 1. The summed E-state index contributed by atoms with van der Waals surface area (Å²) in [6.45, 7) is 6.41. The van der Waals surface area contributed by atoms with Gasteiger partial charge in [0.1, 0.15) is 0 Å². The standard InChI is InChI=1S/C12H21NO2/c1-4-11(13(14)15)9-10-5-7-12(2,3)8-6-10/h9-10H,4-8H2,1-3H3/b11-9+. The minimum Gasteiger partial charge on any atom is -0.259 e. The Balaban J connectivity index is 2.57. The molecule has 3 nitrogen and oxygen atoms in total. The first-order valence-electron chi connectivity index (χ1n) is 5.80. The highest BCUT2D eigenvalue weighted by Crippen LogP contribution is 2.38. The molecule has 0 unspecified atom stereocenters. The second-order valence-corrected chi connectivity index (χ2v) is 5.27. The molecule has 1 rings (SSSR count). The third-order valence-electron chi connectivity index (χ3n) is 3.41. The summed E-state index contributed by atoms with van der Waals surface area (Å²) in [6.07, 6.45) is 6.99. The van der Waals surface area contributed by atoms with Crippen molar-refractivity contribution in [2.45, 2.75) is 52.9 Å². The van der Waals surface area contributed by atoms with Crippen molar-refractivity contribution in [1.82, 2.24) is 0 Å². The van der Waals surface area contributed by atoms with Crippen LogP contribution in [0.5, 0.6) is 0 Å². The summed E-state index contributed by atoms with van der Waals surface area (Å²) in [7, 11) is 0. The second-order valence-electron chi connectivity index (χ2n) is 5.27. The Kier molecular flexibility index (Phi) is 3.89. The Labute approximate surface area is 91.7 Å². The van der Waals surface area contributed by atoms with Gasteiger partial charge in [0.25, 0.3) is 0 Å². The smallest absolute Gasteiger partial charge is 0.242 e. The molecule has 1 fully saturated rings. The molecule has 0 bridgehead atoms. The van der Waals surface area contributed by atoms with Gasteiger partial charge in [0.05, 0.1) is 4.92 Å². The van der Waals surface area contributed by atoms with Gasteiger partial charge in [-0.05, 0) is 43.1 Å². The van der Waals surface area contributed by atoms with Crippen LogP contribution in [0.2, 0.25) is 0 Å². The summed E-state index contributed by atoms with van der Waals surface area (Å²) in [6, 6.07) is 0. The van der Waals surface area contributed by atoms with E-state index < -0.39 is 0 Å². The molecule has 0 aliphatic heterocycles. The molecule has 1 aliphatic carbocycles. The van der Waals surface area contributed by atoms with E-state index in [2.05, 4.69) is 13.8 Å². The zero-order valence-electron chi connectivity index (χ0n) is 9.95. The fourth-order valence-corrected chi connectivity index (χ4v) is 2.17. The lowest BCUT2D eigenvalue weighted by atomic mass is 9.73. The highest BCUT2D eigenvalue weighted by Gasteiger charge is 2.26. The Morgan fingerprint density at radius 2 is 2.00 bits per heavy atom. The normalized spacial score (nSPS) is 22.7. The average Bonchev–Trinajstić information content (AvgIpc) is 2.15. The zero-order valence-corrected chi connectivity index (χ0v) is 9.95. The van der Waals surface area contributed by atoms with Gasteiger partial charge in [-0.25, -0.2) is 0 Å². The Morgan fingerprint density at radius 3 is 2.40 bits per heavy atom. The Bertz CT molecular complexity index is 259. The Hall–Kier alpha value is -0.860. The van der Waals surface area contributed by atoms with E-state index in [4.69, 9.17) is 0 Å². The van der Waals surface area contributed by atoms with Gasteiger partial charge in [-0.15, -0.1) is 0 Å². The minimum absolute atomic E-state index is 0.236. The van der Waals surface area contributed by atoms with E-state index in [-0.39, 0.29) is 4.92 Å². The van der Waals surface area contributed by atoms with Crippen LogP contribution in [0.15, 0.2) is 11.8 Å². The van der Waals surface area contributed by atoms with Gasteiger partial charge in [0, 0.05) is 6.42 Å². The third-order valence-corrected chi connectivity index (χ3v) is 3.41. The minimum atomic E-state index is -0.236. The van der Waals surface area contributed by atoms with E-state index in [9.17, 15) is 10.1 Å². The summed E-state index contributed by atoms with van der Waals surface area (Å²) in [5.41, 5.74) is 0.824. The first-order valence-corrected chi connectivity index (χ1v) is 5.80. The average molecular weight is 211 g/mol. The monoisotopic (exact) mass is 211 g/mol. The van der Waals surface area contributed by atoms with Crippen molar-refractivity contribution in [3.63, 3.8) is 0 Å². The van der Waals surface area contributed by atoms with Crippen molar-refractivity contribution in [2.24, 2.45) is 11.3 Å². The predicted molar refractivity (Wildman–Crippen MR) is 61.1 cm³/mol. The van der Waals surface area contributed by atoms with Crippen molar-refractivity contribution in [1.29, 1.82) is 0 Å². The molecule has 0 aromatic heterocycles. The van der Waals surface area contributed by atoms with Gasteiger partial charge in [-0.1, -0.05) is 20.8 Å². The van der Waals surface area contributed by atoms with Gasteiger partial charge < -0.3 is 0 Å². The molecule has 0 atom stereocenters. The first-order chi connectivity index (χ1) is 6.94. The van der Waals surface area contributed by atoms with Crippen LogP contribution in [0.3, 0.4) is 0 Å². The molecule has 0 amide bonds. The zero-order chi connectivity index (χ0) is 11.5. The van der Waals surface area contributed by atoms with E-state index >= 15 is 0 Å². The molecule has 0 aromatic carbocycles. The van der Waals surface area contributed by atoms with Crippen molar-refractivity contribution in [2.75, 3.05) is 0 Å². The summed E-state index contributed by atoms with van der Waals surface area (Å²) in [4.78, 5) is 10.4. The van der Waals surface area contributed by atoms with Crippen molar-refractivity contribution < 1.29 is 4.92 Å². The molecule has 0 aromatic rings. The summed E-state index contributed by atoms with van der Waals surface area (Å²) in [5.74, 6) is 0.429. The summed E-state index contributed by atoms with van der Waals surface area (Å²) >= 11 is 0. The van der Waals surface area contributed by atoms with Crippen LogP contribution in [-0.2, 0) is 0 Å². The maximum atomic E-state index is 10.7. The second kappa shape index (κ2) is 4.77. The van der Waals surface area contributed by atoms with E-state index in [0.29, 0.717) is 23.5 Å². The molecule has 1 aliphatic rings. The molecule has 15 heavy (non-hydrogen) atoms. The van der Waals surface area contributed by atoms with Crippen LogP contribution in [-0.4, -0.2) is 4.92 Å². The molecule has 86 valence electrons. The number of rotatable bonds is 3. The largest absolute Gasteiger partial charge is 0.259 e. The van der Waals surface area contributed by atoms with Crippen molar-refractivity contribution in [3.8, 4) is 0 Å². The molecule has 1 saturated carbocycles. The van der Waals surface area contributed by atoms with E-state index in [1.807, 2.05) is 13.0 Å². The Morgan fingerprint density at radius 1 is 1.47 bits per heavy atom. The van der Waals surface area contributed by atoms with Gasteiger partial charge in [-0.3, -0.25) is 10.1 Å². The van der Waals surface area contributed by atoms with Crippen LogP contribution in [0.25, 0.3) is 0 Å². The maximum Gasteiger partial charge on any atom is 0.242 e. The van der Waals surface area contributed by atoms with Crippen LogP contribution in [0.4, 0.5) is 0 Å². The summed E-state index contributed by atoms with van der Waals surface area (Å²) < 4.78 is 0. The van der Waals surface area contributed by atoms with Crippen LogP contribution in [0.1, 0.15) is 52.9 Å². The van der Waals surface area contributed by atoms with Gasteiger partial charge in [0.2, 0.25) is 5.70 Å². The quantitative estimate of drug-likeness (QED) is 0.526. The molecular weight excluding hydrogens is 190 g/mol. The summed E-state index contributed by atoms with van der Waals surface area (Å²) in [5, 5.41) is 10.7. The van der Waals surface area contributed by atoms with E-state index in [1.165, 1.54) is 12.8 Å². The van der Waals surface area contributed by atoms with Gasteiger partial charge in [0.15, 0.2) is 0 Å². The molecule has 0 heterocycles. The maximum absolute atomic E-state index is 10.7. The van der Waals surface area contributed by atoms with Gasteiger partial charge in [-0.2, -0.15) is 0 Å². The molecule has 0 saturated heterocycles. The first kappa shape index (κ1) is 12.2. The SMILES string of the molecule is CC/C(=C\C1CCC(C)(C)CC1)[N+](=O)[O-]. The lowest BCUT2D eigenvalue weighted by Crippen LogP contribution is -2.20. The van der Waals surface area contributed by atoms with E-state index in [1.54, 1.807) is 0 Å². The third kappa shape index (κ3) is 3.65. The van der Waals surface area contributed by atoms with Crippen LogP contribution in [0, 0.1) is 21.4 Å². The van der Waals surface area contributed by atoms with Crippen molar-refractivity contribution in [3.05, 3.63) is 21.9 Å².